The first-order valence-electron chi connectivity index (χ1n) is 11.4. The largest absolute Gasteiger partial charge is 0.388 e. The van der Waals surface area contributed by atoms with Crippen LogP contribution in [0.5, 0.6) is 0 Å². The molecule has 3 aromatic carbocycles. The Labute approximate surface area is 193 Å². The molecule has 0 bridgehead atoms. The van der Waals surface area contributed by atoms with Crippen LogP contribution in [-0.4, -0.2) is 38.8 Å². The molecular formula is C28H27N3O2. The summed E-state index contributed by atoms with van der Waals surface area (Å²) in [6.45, 7) is 1.29. The second kappa shape index (κ2) is 9.43. The molecule has 1 atom stereocenters. The summed E-state index contributed by atoms with van der Waals surface area (Å²) in [7, 11) is 0. The highest BCUT2D eigenvalue weighted by molar-refractivity contribution is 5.94. The third-order valence-corrected chi connectivity index (χ3v) is 6.46. The van der Waals surface area contributed by atoms with Crippen molar-refractivity contribution in [1.29, 1.82) is 0 Å². The number of amides is 1. The van der Waals surface area contributed by atoms with Gasteiger partial charge in [-0.25, -0.2) is 4.68 Å². The van der Waals surface area contributed by atoms with E-state index < -0.39 is 6.10 Å². The van der Waals surface area contributed by atoms with E-state index in [0.717, 1.165) is 35.3 Å². The Balaban J connectivity index is 1.30. The summed E-state index contributed by atoms with van der Waals surface area (Å²) in [4.78, 5) is 15.2. The lowest BCUT2D eigenvalue weighted by molar-refractivity contribution is 0.0462. The number of piperidine rings is 1. The molecule has 1 amide bonds. The molecule has 4 aromatic rings. The summed E-state index contributed by atoms with van der Waals surface area (Å²) in [5.74, 6) is 0.193. The number of carbonyl (C=O) groups is 1. The summed E-state index contributed by atoms with van der Waals surface area (Å²) >= 11 is 0. The normalized spacial score (nSPS) is 15.4. The standard InChI is InChI=1S/C28H27N3O2/c32-27(22-10-5-2-6-11-22)23-15-18-30(19-16-23)28(33)24-12-7-13-25(20-24)31-26(14-17-29-31)21-8-3-1-4-9-21/h1-14,17,20,23,27,32H,15-16,18-19H2. The van der Waals surface area contributed by atoms with Gasteiger partial charge < -0.3 is 10.0 Å². The van der Waals surface area contributed by atoms with Gasteiger partial charge >= 0.3 is 0 Å². The third kappa shape index (κ3) is 4.45. The highest BCUT2D eigenvalue weighted by Gasteiger charge is 2.28. The lowest BCUT2D eigenvalue weighted by Crippen LogP contribution is -2.39. The minimum Gasteiger partial charge on any atom is -0.388 e. The summed E-state index contributed by atoms with van der Waals surface area (Å²) < 4.78 is 1.87. The summed E-state index contributed by atoms with van der Waals surface area (Å²) in [5.41, 5.74) is 4.52. The molecule has 1 fully saturated rings. The fourth-order valence-corrected chi connectivity index (χ4v) is 4.63. The second-order valence-electron chi connectivity index (χ2n) is 8.53. The van der Waals surface area contributed by atoms with Crippen LogP contribution in [0.1, 0.15) is 34.9 Å². The maximum atomic E-state index is 13.3. The smallest absolute Gasteiger partial charge is 0.253 e. The Morgan fingerprint density at radius 3 is 2.30 bits per heavy atom. The fraction of sp³-hybridized carbons (Fsp3) is 0.214. The molecule has 1 N–H and O–H groups in total. The second-order valence-corrected chi connectivity index (χ2v) is 8.53. The van der Waals surface area contributed by atoms with Crippen LogP contribution >= 0.6 is 0 Å². The molecule has 0 spiro atoms. The van der Waals surface area contributed by atoms with Gasteiger partial charge in [0.2, 0.25) is 0 Å². The van der Waals surface area contributed by atoms with Crippen molar-refractivity contribution in [2.24, 2.45) is 5.92 Å². The first kappa shape index (κ1) is 21.2. The highest BCUT2D eigenvalue weighted by atomic mass is 16.3. The number of nitrogens with zero attached hydrogens (tertiary/aromatic N) is 3. The molecule has 0 aliphatic carbocycles. The number of carbonyl (C=O) groups excluding carboxylic acids is 1. The minimum atomic E-state index is -0.483. The number of aliphatic hydroxyl groups is 1. The van der Waals surface area contributed by atoms with Crippen molar-refractivity contribution in [3.8, 4) is 16.9 Å². The molecule has 0 saturated carbocycles. The number of likely N-dealkylation sites (tertiary alicyclic amines) is 1. The van der Waals surface area contributed by atoms with Gasteiger partial charge in [0.1, 0.15) is 0 Å². The van der Waals surface area contributed by atoms with Crippen molar-refractivity contribution in [3.63, 3.8) is 0 Å². The van der Waals surface area contributed by atoms with Crippen molar-refractivity contribution in [1.82, 2.24) is 14.7 Å². The van der Waals surface area contributed by atoms with Gasteiger partial charge in [-0.2, -0.15) is 5.10 Å². The highest BCUT2D eigenvalue weighted by Crippen LogP contribution is 2.31. The maximum absolute atomic E-state index is 13.3. The van der Waals surface area contributed by atoms with E-state index in [-0.39, 0.29) is 11.8 Å². The molecule has 1 aliphatic heterocycles. The Kier molecular flexibility index (Phi) is 6.05. The zero-order chi connectivity index (χ0) is 22.6. The number of hydrogen-bond acceptors (Lipinski definition) is 3. The zero-order valence-electron chi connectivity index (χ0n) is 18.4. The first-order chi connectivity index (χ1) is 16.2. The van der Waals surface area contributed by atoms with E-state index in [4.69, 9.17) is 0 Å². The molecule has 0 radical (unpaired) electrons. The molecular weight excluding hydrogens is 410 g/mol. The molecule has 1 aromatic heterocycles. The van der Waals surface area contributed by atoms with Gasteiger partial charge in [-0.1, -0.05) is 66.7 Å². The topological polar surface area (TPSA) is 58.4 Å². The molecule has 5 nitrogen and oxygen atoms in total. The van der Waals surface area contributed by atoms with E-state index in [2.05, 4.69) is 17.2 Å². The molecule has 2 heterocycles. The van der Waals surface area contributed by atoms with Gasteiger partial charge in [0.05, 0.1) is 23.7 Å². The quantitative estimate of drug-likeness (QED) is 0.471. The lowest BCUT2D eigenvalue weighted by atomic mass is 9.87. The molecule has 166 valence electrons. The molecule has 5 rings (SSSR count). The minimum absolute atomic E-state index is 0.0259. The van der Waals surface area contributed by atoms with E-state index in [1.165, 1.54) is 0 Å². The zero-order valence-corrected chi connectivity index (χ0v) is 18.4. The van der Waals surface area contributed by atoms with E-state index in [9.17, 15) is 9.90 Å². The van der Waals surface area contributed by atoms with E-state index in [1.54, 1.807) is 6.20 Å². The van der Waals surface area contributed by atoms with Crippen LogP contribution in [0.3, 0.4) is 0 Å². The van der Waals surface area contributed by atoms with Crippen molar-refractivity contribution in [3.05, 3.63) is 108 Å². The average Bonchev–Trinajstić information content (AvgIpc) is 3.39. The third-order valence-electron chi connectivity index (χ3n) is 6.46. The van der Waals surface area contributed by atoms with Crippen LogP contribution in [0, 0.1) is 5.92 Å². The Morgan fingerprint density at radius 1 is 0.879 bits per heavy atom. The van der Waals surface area contributed by atoms with Crippen LogP contribution < -0.4 is 0 Å². The predicted octanol–water partition coefficient (Wildman–Crippen LogP) is 5.13. The first-order valence-corrected chi connectivity index (χ1v) is 11.4. The molecule has 5 heteroatoms. The van der Waals surface area contributed by atoms with Gasteiger partial charge in [-0.15, -0.1) is 0 Å². The Hall–Kier alpha value is -3.70. The van der Waals surface area contributed by atoms with Crippen LogP contribution in [0.25, 0.3) is 16.9 Å². The molecule has 1 saturated heterocycles. The van der Waals surface area contributed by atoms with Crippen LogP contribution in [-0.2, 0) is 0 Å². The van der Waals surface area contributed by atoms with Crippen molar-refractivity contribution in [2.75, 3.05) is 13.1 Å². The van der Waals surface area contributed by atoms with Crippen molar-refractivity contribution in [2.45, 2.75) is 18.9 Å². The molecule has 1 aliphatic rings. The molecule has 33 heavy (non-hydrogen) atoms. The fourth-order valence-electron chi connectivity index (χ4n) is 4.63. The number of aliphatic hydroxyl groups excluding tert-OH is 1. The van der Waals surface area contributed by atoms with Gasteiger partial charge in [0.15, 0.2) is 0 Å². The monoisotopic (exact) mass is 437 g/mol. The Morgan fingerprint density at radius 2 is 1.58 bits per heavy atom. The van der Waals surface area contributed by atoms with E-state index in [0.29, 0.717) is 18.7 Å². The number of benzene rings is 3. The summed E-state index contributed by atoms with van der Waals surface area (Å²) in [5, 5.41) is 15.2. The van der Waals surface area contributed by atoms with E-state index >= 15 is 0 Å². The van der Waals surface area contributed by atoms with Gasteiger partial charge in [-0.3, -0.25) is 4.79 Å². The number of rotatable bonds is 5. The molecule has 1 unspecified atom stereocenters. The number of hydrogen-bond donors (Lipinski definition) is 1. The van der Waals surface area contributed by atoms with Crippen molar-refractivity contribution >= 4 is 5.91 Å². The number of aromatic nitrogens is 2. The van der Waals surface area contributed by atoms with Crippen molar-refractivity contribution < 1.29 is 9.90 Å². The van der Waals surface area contributed by atoms with E-state index in [1.807, 2.05) is 88.4 Å². The van der Waals surface area contributed by atoms with Crippen LogP contribution in [0.15, 0.2) is 97.2 Å². The van der Waals surface area contributed by atoms with Crippen LogP contribution in [0.4, 0.5) is 0 Å². The summed E-state index contributed by atoms with van der Waals surface area (Å²) in [6.07, 6.45) is 2.88. The van der Waals surface area contributed by atoms with Crippen LogP contribution in [0.2, 0.25) is 0 Å². The Bertz CT molecular complexity index is 1210. The predicted molar refractivity (Wildman–Crippen MR) is 129 cm³/mol. The van der Waals surface area contributed by atoms with Gasteiger partial charge in [0.25, 0.3) is 5.91 Å². The average molecular weight is 438 g/mol. The summed E-state index contributed by atoms with van der Waals surface area (Å²) in [6, 6.07) is 29.5. The van der Waals surface area contributed by atoms with Gasteiger partial charge in [0, 0.05) is 24.2 Å². The van der Waals surface area contributed by atoms with Gasteiger partial charge in [-0.05, 0) is 48.6 Å². The maximum Gasteiger partial charge on any atom is 0.253 e. The SMILES string of the molecule is O=C(c1cccc(-n2nccc2-c2ccccc2)c1)N1CCC(C(O)c2ccccc2)CC1. The lowest BCUT2D eigenvalue weighted by Gasteiger charge is -2.34.